The molecule has 9 heteroatoms. The van der Waals surface area contributed by atoms with Crippen LogP contribution in [0.3, 0.4) is 0 Å². The van der Waals surface area contributed by atoms with Crippen molar-refractivity contribution in [3.63, 3.8) is 0 Å². The van der Waals surface area contributed by atoms with Gasteiger partial charge in [0.05, 0.1) is 5.69 Å². The maximum Gasteiger partial charge on any atom is 0.333 e. The highest BCUT2D eigenvalue weighted by atomic mass is 32.2. The number of carbonyl (C=O) groups excluding carboxylic acids is 2. The molecule has 1 saturated heterocycles. The third kappa shape index (κ3) is 3.19. The molecule has 0 saturated carbocycles. The van der Waals surface area contributed by atoms with Crippen LogP contribution in [-0.2, 0) is 16.4 Å². The third-order valence-electron chi connectivity index (χ3n) is 6.11. The lowest BCUT2D eigenvalue weighted by Crippen LogP contribution is -2.46. The van der Waals surface area contributed by atoms with Crippen molar-refractivity contribution in [2.45, 2.75) is 30.2 Å². The first-order chi connectivity index (χ1) is 14.4. The molecule has 2 aromatic rings. The molecule has 3 aliphatic heterocycles. The fourth-order valence-electron chi connectivity index (χ4n) is 4.61. The van der Waals surface area contributed by atoms with Gasteiger partial charge in [0, 0.05) is 36.9 Å². The molecule has 1 fully saturated rings. The molecule has 0 spiro atoms. The quantitative estimate of drug-likeness (QED) is 0.767. The average molecular weight is 426 g/mol. The highest BCUT2D eigenvalue weighted by molar-refractivity contribution is 7.90. The number of amides is 3. The number of carbonyl (C=O) groups is 2. The van der Waals surface area contributed by atoms with Crippen molar-refractivity contribution < 1.29 is 18.0 Å². The van der Waals surface area contributed by atoms with E-state index in [4.69, 9.17) is 0 Å². The molecule has 3 heterocycles. The van der Waals surface area contributed by atoms with E-state index in [1.165, 1.54) is 23.4 Å². The summed E-state index contributed by atoms with van der Waals surface area (Å²) in [6.07, 6.45) is 2.81. The lowest BCUT2D eigenvalue weighted by atomic mass is 10.0. The van der Waals surface area contributed by atoms with Crippen molar-refractivity contribution in [1.82, 2.24) is 9.62 Å². The molecule has 8 nitrogen and oxygen atoms in total. The van der Waals surface area contributed by atoms with E-state index >= 15 is 0 Å². The van der Waals surface area contributed by atoms with Crippen LogP contribution >= 0.6 is 0 Å². The predicted octanol–water partition coefficient (Wildman–Crippen LogP) is 2.18. The van der Waals surface area contributed by atoms with Gasteiger partial charge in [-0.15, -0.1) is 0 Å². The summed E-state index contributed by atoms with van der Waals surface area (Å²) < 4.78 is 26.3. The smallest absolute Gasteiger partial charge is 0.333 e. The zero-order chi connectivity index (χ0) is 20.9. The van der Waals surface area contributed by atoms with Gasteiger partial charge in [-0.25, -0.2) is 17.9 Å². The summed E-state index contributed by atoms with van der Waals surface area (Å²) >= 11 is 0. The van der Waals surface area contributed by atoms with Crippen LogP contribution in [0.2, 0.25) is 0 Å². The summed E-state index contributed by atoms with van der Waals surface area (Å²) in [5.41, 5.74) is 3.17. The highest BCUT2D eigenvalue weighted by Crippen LogP contribution is 2.33. The van der Waals surface area contributed by atoms with Gasteiger partial charge < -0.3 is 15.1 Å². The van der Waals surface area contributed by atoms with E-state index in [1.54, 1.807) is 11.0 Å². The van der Waals surface area contributed by atoms with Crippen LogP contribution in [0.15, 0.2) is 47.4 Å². The normalized spacial score (nSPS) is 20.2. The van der Waals surface area contributed by atoms with Crippen molar-refractivity contribution in [1.29, 1.82) is 0 Å². The monoisotopic (exact) mass is 426 g/mol. The summed E-state index contributed by atoms with van der Waals surface area (Å²) in [7, 11) is -3.97. The Labute approximate surface area is 174 Å². The van der Waals surface area contributed by atoms with Gasteiger partial charge in [-0.3, -0.25) is 4.79 Å². The Balaban J connectivity index is 1.30. The zero-order valence-corrected chi connectivity index (χ0v) is 17.1. The minimum Gasteiger partial charge on any atom is -0.368 e. The van der Waals surface area contributed by atoms with E-state index in [2.05, 4.69) is 34.5 Å². The Kier molecular flexibility index (Phi) is 4.43. The van der Waals surface area contributed by atoms with Gasteiger partial charge >= 0.3 is 6.03 Å². The molecule has 0 aliphatic carbocycles. The number of piperidine rings is 1. The molecule has 3 amide bonds. The standard InChI is InChI=1S/C21H22N4O4S/c26-20(15-5-6-17-19(13-15)30(28,29)23-21(27)22-17)24-10-8-16(9-11-24)25-12-7-14-3-1-2-4-18(14)25/h1-6,13,16H,7-12H2,(H2,22,23,27). The molecule has 30 heavy (non-hydrogen) atoms. The number of nitrogens with one attached hydrogen (secondary N) is 2. The van der Waals surface area contributed by atoms with Crippen molar-refractivity contribution in [3.8, 4) is 0 Å². The first-order valence-electron chi connectivity index (χ1n) is 10.0. The van der Waals surface area contributed by atoms with E-state index in [0.717, 1.165) is 25.8 Å². The molecule has 5 rings (SSSR count). The van der Waals surface area contributed by atoms with Gasteiger partial charge in [0.1, 0.15) is 4.90 Å². The highest BCUT2D eigenvalue weighted by Gasteiger charge is 2.32. The SMILES string of the molecule is O=C1Nc2ccc(C(=O)N3CCC(N4CCc5ccccc54)CC3)cc2S(=O)(=O)N1. The molecular formula is C21H22N4O4S. The van der Waals surface area contributed by atoms with E-state index in [9.17, 15) is 18.0 Å². The molecule has 2 N–H and O–H groups in total. The zero-order valence-electron chi connectivity index (χ0n) is 16.3. The number of fused-ring (bicyclic) bond motifs is 2. The topological polar surface area (TPSA) is 98.8 Å². The van der Waals surface area contributed by atoms with Crippen molar-refractivity contribution in [2.75, 3.05) is 29.9 Å². The second kappa shape index (κ2) is 7.02. The van der Waals surface area contributed by atoms with Crippen molar-refractivity contribution >= 4 is 33.3 Å². The number of sulfonamides is 1. The van der Waals surface area contributed by atoms with Gasteiger partial charge in [-0.05, 0) is 49.1 Å². The van der Waals surface area contributed by atoms with Gasteiger partial charge in [-0.1, -0.05) is 18.2 Å². The molecule has 0 atom stereocenters. The molecule has 3 aliphatic rings. The lowest BCUT2D eigenvalue weighted by molar-refractivity contribution is 0.0712. The minimum absolute atomic E-state index is 0.0866. The summed E-state index contributed by atoms with van der Waals surface area (Å²) in [4.78, 5) is 28.6. The molecule has 0 aromatic heterocycles. The second-order valence-electron chi connectivity index (χ2n) is 7.87. The number of hydrogen-bond acceptors (Lipinski definition) is 5. The van der Waals surface area contributed by atoms with Crippen molar-refractivity contribution in [2.24, 2.45) is 0 Å². The third-order valence-corrected chi connectivity index (χ3v) is 7.48. The fourth-order valence-corrected chi connectivity index (χ4v) is 5.71. The number of rotatable bonds is 2. The second-order valence-corrected chi connectivity index (χ2v) is 9.52. The summed E-state index contributed by atoms with van der Waals surface area (Å²) in [6.45, 7) is 2.27. The van der Waals surface area contributed by atoms with E-state index < -0.39 is 16.1 Å². The van der Waals surface area contributed by atoms with Crippen LogP contribution in [-0.4, -0.2) is 50.9 Å². The van der Waals surface area contributed by atoms with Crippen LogP contribution in [0.4, 0.5) is 16.2 Å². The maximum absolute atomic E-state index is 13.0. The Morgan fingerprint density at radius 1 is 1.03 bits per heavy atom. The van der Waals surface area contributed by atoms with Gasteiger partial charge in [0.2, 0.25) is 0 Å². The number of hydrogen-bond donors (Lipinski definition) is 2. The largest absolute Gasteiger partial charge is 0.368 e. The number of benzene rings is 2. The van der Waals surface area contributed by atoms with Crippen LogP contribution in [0.1, 0.15) is 28.8 Å². The molecular weight excluding hydrogens is 404 g/mol. The number of urea groups is 1. The Hall–Kier alpha value is -3.07. The predicted molar refractivity (Wildman–Crippen MR) is 112 cm³/mol. The molecule has 0 radical (unpaired) electrons. The maximum atomic E-state index is 13.0. The Bertz CT molecular complexity index is 1140. The van der Waals surface area contributed by atoms with Crippen LogP contribution in [0, 0.1) is 0 Å². The molecule has 0 bridgehead atoms. The summed E-state index contributed by atoms with van der Waals surface area (Å²) in [6, 6.07) is 12.4. The molecule has 156 valence electrons. The van der Waals surface area contributed by atoms with E-state index in [0.29, 0.717) is 24.7 Å². The van der Waals surface area contributed by atoms with E-state index in [1.807, 2.05) is 4.72 Å². The van der Waals surface area contributed by atoms with Gasteiger partial charge in [0.15, 0.2) is 0 Å². The molecule has 2 aromatic carbocycles. The van der Waals surface area contributed by atoms with Crippen LogP contribution in [0.5, 0.6) is 0 Å². The summed E-state index contributed by atoms with van der Waals surface area (Å²) in [5, 5.41) is 2.45. The number of para-hydroxylation sites is 1. The minimum atomic E-state index is -3.97. The van der Waals surface area contributed by atoms with E-state index in [-0.39, 0.29) is 16.5 Å². The molecule has 0 unspecified atom stereocenters. The Morgan fingerprint density at radius 2 is 1.80 bits per heavy atom. The van der Waals surface area contributed by atoms with Crippen LogP contribution < -0.4 is 14.9 Å². The average Bonchev–Trinajstić information content (AvgIpc) is 3.17. The Morgan fingerprint density at radius 3 is 2.60 bits per heavy atom. The van der Waals surface area contributed by atoms with Gasteiger partial charge in [0.25, 0.3) is 15.9 Å². The number of anilines is 2. The lowest BCUT2D eigenvalue weighted by Gasteiger charge is -2.38. The fraction of sp³-hybridized carbons (Fsp3) is 0.333. The van der Waals surface area contributed by atoms with Crippen LogP contribution in [0.25, 0.3) is 0 Å². The first-order valence-corrected chi connectivity index (χ1v) is 11.5. The number of nitrogens with zero attached hydrogens (tertiary/aromatic N) is 2. The summed E-state index contributed by atoms with van der Waals surface area (Å²) in [5.74, 6) is -0.190. The number of likely N-dealkylation sites (tertiary alicyclic amines) is 1. The van der Waals surface area contributed by atoms with Crippen molar-refractivity contribution in [3.05, 3.63) is 53.6 Å². The first kappa shape index (κ1) is 18.9. The van der Waals surface area contributed by atoms with Gasteiger partial charge in [-0.2, -0.15) is 0 Å².